The van der Waals surface area contributed by atoms with Gasteiger partial charge in [0, 0.05) is 25.4 Å². The van der Waals surface area contributed by atoms with E-state index in [1.165, 1.54) is 5.56 Å². The number of guanidine groups is 1. The lowest BCUT2D eigenvalue weighted by Gasteiger charge is -2.17. The molecule has 0 aliphatic heterocycles. The molecule has 0 fully saturated rings. The highest BCUT2D eigenvalue weighted by Crippen LogP contribution is 2.23. The van der Waals surface area contributed by atoms with E-state index in [9.17, 15) is 0 Å². The highest BCUT2D eigenvalue weighted by atomic mass is 127. The third-order valence-corrected chi connectivity index (χ3v) is 4.24. The van der Waals surface area contributed by atoms with Gasteiger partial charge in [-0.25, -0.2) is 4.99 Å². The number of rotatable bonds is 8. The van der Waals surface area contributed by atoms with Crippen LogP contribution >= 0.6 is 24.0 Å². The van der Waals surface area contributed by atoms with E-state index >= 15 is 0 Å². The van der Waals surface area contributed by atoms with Crippen molar-refractivity contribution in [1.82, 2.24) is 20.4 Å². The molecule has 0 aliphatic rings. The van der Waals surface area contributed by atoms with Crippen molar-refractivity contribution in [2.75, 3.05) is 6.54 Å². The van der Waals surface area contributed by atoms with Crippen LogP contribution in [-0.2, 0) is 20.1 Å². The molecule has 0 radical (unpaired) electrons. The number of nitrogens with one attached hydrogen (secondary N) is 2. The number of hydrogen-bond donors (Lipinski definition) is 2. The van der Waals surface area contributed by atoms with Crippen molar-refractivity contribution in [2.24, 2.45) is 12.0 Å². The van der Waals surface area contributed by atoms with Crippen LogP contribution in [0.1, 0.15) is 44.0 Å². The minimum atomic E-state index is 0. The molecule has 0 amide bonds. The van der Waals surface area contributed by atoms with E-state index in [0.29, 0.717) is 13.1 Å². The van der Waals surface area contributed by atoms with E-state index in [0.717, 1.165) is 35.9 Å². The maximum absolute atomic E-state index is 6.08. The van der Waals surface area contributed by atoms with E-state index in [2.05, 4.69) is 61.6 Å². The van der Waals surface area contributed by atoms with Gasteiger partial charge in [-0.15, -0.1) is 24.0 Å². The number of aryl methyl sites for hydroxylation is 2. The fraction of sp³-hybridized carbons (Fsp3) is 0.500. The number of aromatic nitrogens is 2. The first-order chi connectivity index (χ1) is 12.5. The largest absolute Gasteiger partial charge is 0.490 e. The summed E-state index contributed by atoms with van der Waals surface area (Å²) >= 11 is 0. The third kappa shape index (κ3) is 7.40. The van der Waals surface area contributed by atoms with Gasteiger partial charge >= 0.3 is 0 Å². The lowest BCUT2D eigenvalue weighted by Crippen LogP contribution is -2.37. The number of benzene rings is 1. The zero-order chi connectivity index (χ0) is 18.9. The minimum absolute atomic E-state index is 0. The van der Waals surface area contributed by atoms with Crippen LogP contribution in [0.15, 0.2) is 35.5 Å². The van der Waals surface area contributed by atoms with Crippen molar-refractivity contribution in [3.63, 3.8) is 0 Å². The summed E-state index contributed by atoms with van der Waals surface area (Å²) in [5, 5.41) is 10.8. The van der Waals surface area contributed by atoms with Crippen LogP contribution in [0.25, 0.3) is 0 Å². The van der Waals surface area contributed by atoms with Gasteiger partial charge in [-0.1, -0.05) is 19.1 Å². The Bertz CT molecular complexity index is 729. The molecule has 0 bridgehead atoms. The predicted molar refractivity (Wildman–Crippen MR) is 122 cm³/mol. The molecule has 27 heavy (non-hydrogen) atoms. The van der Waals surface area contributed by atoms with Crippen molar-refractivity contribution >= 4 is 29.9 Å². The Morgan fingerprint density at radius 3 is 2.67 bits per heavy atom. The summed E-state index contributed by atoms with van der Waals surface area (Å²) in [7, 11) is 1.94. The summed E-state index contributed by atoms with van der Waals surface area (Å²) in [6.07, 6.45) is 2.97. The van der Waals surface area contributed by atoms with Crippen molar-refractivity contribution in [3.05, 3.63) is 47.3 Å². The van der Waals surface area contributed by atoms with Gasteiger partial charge in [0.05, 0.1) is 24.9 Å². The fourth-order valence-electron chi connectivity index (χ4n) is 2.46. The summed E-state index contributed by atoms with van der Waals surface area (Å²) in [4.78, 5) is 4.72. The highest BCUT2D eigenvalue weighted by molar-refractivity contribution is 14.0. The van der Waals surface area contributed by atoms with Crippen molar-refractivity contribution in [1.29, 1.82) is 0 Å². The summed E-state index contributed by atoms with van der Waals surface area (Å²) < 4.78 is 7.94. The molecule has 1 atom stereocenters. The zero-order valence-corrected chi connectivity index (χ0v) is 19.3. The smallest absolute Gasteiger partial charge is 0.191 e. The fourth-order valence-corrected chi connectivity index (χ4v) is 2.46. The predicted octanol–water partition coefficient (Wildman–Crippen LogP) is 3.78. The molecule has 2 N–H and O–H groups in total. The summed E-state index contributed by atoms with van der Waals surface area (Å²) in [6.45, 7) is 10.4. The van der Waals surface area contributed by atoms with Crippen LogP contribution in [0.4, 0.5) is 0 Å². The van der Waals surface area contributed by atoms with Gasteiger partial charge in [0.25, 0.3) is 0 Å². The Hall–Kier alpha value is -1.77. The van der Waals surface area contributed by atoms with Crippen LogP contribution in [0.3, 0.4) is 0 Å². The molecule has 1 heterocycles. The molecule has 150 valence electrons. The topological polar surface area (TPSA) is 63.5 Å². The maximum Gasteiger partial charge on any atom is 0.191 e. The maximum atomic E-state index is 6.08. The monoisotopic (exact) mass is 485 g/mol. The minimum Gasteiger partial charge on any atom is -0.490 e. The number of aliphatic imine (C=N–C) groups is 1. The second-order valence-electron chi connectivity index (χ2n) is 6.44. The van der Waals surface area contributed by atoms with E-state index < -0.39 is 0 Å². The number of ether oxygens (including phenoxy) is 1. The van der Waals surface area contributed by atoms with Crippen LogP contribution in [0.5, 0.6) is 5.75 Å². The van der Waals surface area contributed by atoms with Gasteiger partial charge < -0.3 is 15.4 Å². The second-order valence-corrected chi connectivity index (χ2v) is 6.44. The van der Waals surface area contributed by atoms with Crippen LogP contribution in [0.2, 0.25) is 0 Å². The third-order valence-electron chi connectivity index (χ3n) is 4.24. The zero-order valence-electron chi connectivity index (χ0n) is 17.0. The lowest BCUT2D eigenvalue weighted by atomic mass is 10.1. The van der Waals surface area contributed by atoms with Crippen LogP contribution in [-0.4, -0.2) is 28.4 Å². The Balaban J connectivity index is 0.00000364. The van der Waals surface area contributed by atoms with Crippen molar-refractivity contribution < 1.29 is 4.74 Å². The summed E-state index contributed by atoms with van der Waals surface area (Å²) in [5.74, 6) is 1.70. The van der Waals surface area contributed by atoms with Crippen LogP contribution < -0.4 is 15.4 Å². The normalized spacial score (nSPS) is 12.3. The molecule has 2 aromatic rings. The first-order valence-electron chi connectivity index (χ1n) is 9.28. The number of hydrogen-bond acceptors (Lipinski definition) is 3. The van der Waals surface area contributed by atoms with Gasteiger partial charge in [-0.05, 0) is 44.9 Å². The molecular weight excluding hydrogens is 453 g/mol. The van der Waals surface area contributed by atoms with E-state index in [-0.39, 0.29) is 30.1 Å². The number of halogens is 1. The number of nitrogens with zero attached hydrogens (tertiary/aromatic N) is 3. The van der Waals surface area contributed by atoms with E-state index in [4.69, 9.17) is 9.73 Å². The molecule has 1 aromatic heterocycles. The second kappa shape index (κ2) is 11.8. The van der Waals surface area contributed by atoms with Gasteiger partial charge in [-0.2, -0.15) is 5.10 Å². The van der Waals surface area contributed by atoms with Gasteiger partial charge in [0.2, 0.25) is 0 Å². The molecule has 6 nitrogen and oxygen atoms in total. The van der Waals surface area contributed by atoms with E-state index in [1.54, 1.807) is 6.20 Å². The van der Waals surface area contributed by atoms with E-state index in [1.807, 2.05) is 17.8 Å². The molecular formula is C20H32IN5O. The lowest BCUT2D eigenvalue weighted by molar-refractivity contribution is 0.215. The molecule has 0 saturated heterocycles. The van der Waals surface area contributed by atoms with Gasteiger partial charge in [0.15, 0.2) is 5.96 Å². The molecule has 0 saturated carbocycles. The van der Waals surface area contributed by atoms with Crippen molar-refractivity contribution in [2.45, 2.75) is 53.3 Å². The molecule has 0 spiro atoms. The summed E-state index contributed by atoms with van der Waals surface area (Å²) in [6, 6.07) is 8.28. The molecule has 1 aromatic carbocycles. The Kier molecular flexibility index (Phi) is 10.2. The molecule has 7 heteroatoms. The first-order valence-corrected chi connectivity index (χ1v) is 9.28. The standard InChI is InChI=1S/C20H31N5O.HI/c1-6-16(4)26-19-12-15(3)8-9-17(19)13-22-20(21-7-2)23-14-18-10-11-24-25(18)5;/h8-12,16H,6-7,13-14H2,1-5H3,(H2,21,22,23);1H. The SMILES string of the molecule is CCNC(=NCc1ccc(C)cc1OC(C)CC)NCc1ccnn1C.I. The Morgan fingerprint density at radius 1 is 1.26 bits per heavy atom. The average molecular weight is 485 g/mol. The average Bonchev–Trinajstić information content (AvgIpc) is 3.03. The summed E-state index contributed by atoms with van der Waals surface area (Å²) in [5.41, 5.74) is 3.39. The molecule has 1 unspecified atom stereocenters. The van der Waals surface area contributed by atoms with Crippen molar-refractivity contribution in [3.8, 4) is 5.75 Å². The van der Waals surface area contributed by atoms with Gasteiger partial charge in [0.1, 0.15) is 5.75 Å². The quantitative estimate of drug-likeness (QED) is 0.340. The molecule has 0 aliphatic carbocycles. The highest BCUT2D eigenvalue weighted by Gasteiger charge is 2.08. The Morgan fingerprint density at radius 2 is 2.04 bits per heavy atom. The Labute approximate surface area is 179 Å². The van der Waals surface area contributed by atoms with Crippen LogP contribution in [0, 0.1) is 6.92 Å². The molecule has 2 rings (SSSR count). The van der Waals surface area contributed by atoms with Gasteiger partial charge in [-0.3, -0.25) is 4.68 Å². The first kappa shape index (κ1) is 23.3.